The summed E-state index contributed by atoms with van der Waals surface area (Å²) in [5.74, 6) is 0. The Kier molecular flexibility index (Phi) is 7.85. The van der Waals surface area contributed by atoms with Crippen molar-refractivity contribution >= 4 is 0 Å². The van der Waals surface area contributed by atoms with Crippen molar-refractivity contribution < 1.29 is 0 Å². The molecule has 0 aromatic rings. The second-order valence-corrected chi connectivity index (χ2v) is 7.43. The topological polar surface area (TPSA) is 3.24 Å². The fourth-order valence-electron chi connectivity index (χ4n) is 4.16. The van der Waals surface area contributed by atoms with Crippen LogP contribution in [0.1, 0.15) is 96.8 Å². The van der Waals surface area contributed by atoms with Gasteiger partial charge in [0, 0.05) is 12.1 Å². The molecular weight excluding hydrogens is 254 g/mol. The van der Waals surface area contributed by atoms with Crippen LogP contribution in [-0.2, 0) is 0 Å². The predicted octanol–water partition coefficient (Wildman–Crippen LogP) is 6.09. The molecule has 2 heterocycles. The van der Waals surface area contributed by atoms with Gasteiger partial charge in [0.25, 0.3) is 0 Å². The van der Waals surface area contributed by atoms with Crippen molar-refractivity contribution in [2.45, 2.75) is 109 Å². The number of unbranched alkanes of at least 4 members (excludes halogenated alkanes) is 9. The van der Waals surface area contributed by atoms with E-state index in [9.17, 15) is 0 Å². The minimum absolute atomic E-state index is 0.780. The number of likely N-dealkylation sites (N-methyl/N-ethyl adjacent to an activating group) is 1. The summed E-state index contributed by atoms with van der Waals surface area (Å²) in [6.45, 7) is 2.30. The van der Waals surface area contributed by atoms with Crippen molar-refractivity contribution in [1.29, 1.82) is 0 Å². The van der Waals surface area contributed by atoms with E-state index in [4.69, 9.17) is 0 Å². The summed E-state index contributed by atoms with van der Waals surface area (Å²) < 4.78 is 0. The van der Waals surface area contributed by atoms with Crippen LogP contribution in [0.5, 0.6) is 0 Å². The standard InChI is InChI=1S/C20H37N/c1-3-4-5-6-7-8-9-10-11-12-13-18-16-19-14-15-20(17-18)21(19)2/h16,19-20H,3-15,17H2,1-2H3. The Morgan fingerprint density at radius 1 is 0.905 bits per heavy atom. The SMILES string of the molecule is CCCCCCCCCCCCC1=CC2CCC(C1)N2C. The second-order valence-electron chi connectivity index (χ2n) is 7.43. The molecule has 1 heteroatoms. The third-order valence-corrected chi connectivity index (χ3v) is 5.67. The molecule has 122 valence electrons. The first kappa shape index (κ1) is 17.1. The Morgan fingerprint density at radius 2 is 1.52 bits per heavy atom. The molecule has 2 atom stereocenters. The highest BCUT2D eigenvalue weighted by molar-refractivity contribution is 5.17. The van der Waals surface area contributed by atoms with E-state index in [0.29, 0.717) is 0 Å². The molecule has 0 spiro atoms. The number of rotatable bonds is 11. The van der Waals surface area contributed by atoms with Crippen LogP contribution in [0.4, 0.5) is 0 Å². The smallest absolute Gasteiger partial charge is 0.0281 e. The highest BCUT2D eigenvalue weighted by Gasteiger charge is 2.33. The molecule has 2 aliphatic rings. The van der Waals surface area contributed by atoms with Crippen molar-refractivity contribution in [1.82, 2.24) is 4.90 Å². The monoisotopic (exact) mass is 291 g/mol. The van der Waals surface area contributed by atoms with Crippen molar-refractivity contribution in [2.24, 2.45) is 0 Å². The molecule has 0 saturated carbocycles. The van der Waals surface area contributed by atoms with E-state index < -0.39 is 0 Å². The van der Waals surface area contributed by atoms with Crippen molar-refractivity contribution in [2.75, 3.05) is 7.05 Å². The summed E-state index contributed by atoms with van der Waals surface area (Å²) in [5, 5.41) is 0. The van der Waals surface area contributed by atoms with Crippen LogP contribution in [0.25, 0.3) is 0 Å². The van der Waals surface area contributed by atoms with Gasteiger partial charge in [-0.05, 0) is 39.2 Å². The number of hydrogen-bond donors (Lipinski definition) is 0. The summed E-state index contributed by atoms with van der Waals surface area (Å²) in [6.07, 6.45) is 22.7. The third-order valence-electron chi connectivity index (χ3n) is 5.67. The molecule has 1 fully saturated rings. The van der Waals surface area contributed by atoms with Gasteiger partial charge < -0.3 is 0 Å². The average Bonchev–Trinajstić information content (AvgIpc) is 2.72. The van der Waals surface area contributed by atoms with E-state index in [1.165, 1.54) is 89.9 Å². The van der Waals surface area contributed by atoms with E-state index in [-0.39, 0.29) is 0 Å². The molecule has 0 amide bonds. The van der Waals surface area contributed by atoms with Gasteiger partial charge in [0.15, 0.2) is 0 Å². The number of nitrogens with zero attached hydrogens (tertiary/aromatic N) is 1. The normalized spacial score (nSPS) is 25.3. The van der Waals surface area contributed by atoms with E-state index in [0.717, 1.165) is 12.1 Å². The molecule has 1 nitrogen and oxygen atoms in total. The van der Waals surface area contributed by atoms with Crippen molar-refractivity contribution in [3.05, 3.63) is 11.6 Å². The quantitative estimate of drug-likeness (QED) is 0.329. The van der Waals surface area contributed by atoms with Crippen LogP contribution < -0.4 is 0 Å². The minimum atomic E-state index is 0.780. The molecule has 0 radical (unpaired) electrons. The summed E-state index contributed by atoms with van der Waals surface area (Å²) >= 11 is 0. The van der Waals surface area contributed by atoms with Gasteiger partial charge in [-0.15, -0.1) is 0 Å². The van der Waals surface area contributed by atoms with Gasteiger partial charge in [-0.2, -0.15) is 0 Å². The predicted molar refractivity (Wildman–Crippen MR) is 93.7 cm³/mol. The zero-order chi connectivity index (χ0) is 14.9. The molecule has 2 rings (SSSR count). The molecule has 21 heavy (non-hydrogen) atoms. The van der Waals surface area contributed by atoms with Gasteiger partial charge in [-0.3, -0.25) is 4.90 Å². The molecule has 2 bridgehead atoms. The maximum Gasteiger partial charge on any atom is 0.0281 e. The van der Waals surface area contributed by atoms with Crippen molar-refractivity contribution in [3.8, 4) is 0 Å². The maximum atomic E-state index is 2.60. The lowest BCUT2D eigenvalue weighted by Gasteiger charge is -2.30. The Balaban J connectivity index is 1.43. The Bertz CT molecular complexity index is 307. The van der Waals surface area contributed by atoms with E-state index in [1.54, 1.807) is 5.57 Å². The average molecular weight is 292 g/mol. The molecule has 0 N–H and O–H groups in total. The van der Waals surface area contributed by atoms with Gasteiger partial charge in [0.2, 0.25) is 0 Å². The van der Waals surface area contributed by atoms with Gasteiger partial charge in [0.1, 0.15) is 0 Å². The minimum Gasteiger partial charge on any atom is -0.297 e. The molecule has 0 aromatic heterocycles. The summed E-state index contributed by atoms with van der Waals surface area (Å²) in [6, 6.07) is 1.65. The summed E-state index contributed by atoms with van der Waals surface area (Å²) in [5.41, 5.74) is 1.78. The van der Waals surface area contributed by atoms with E-state index in [2.05, 4.69) is 24.9 Å². The highest BCUT2D eigenvalue weighted by Crippen LogP contribution is 2.35. The molecule has 2 aliphatic heterocycles. The zero-order valence-electron chi connectivity index (χ0n) is 14.6. The Labute approximate surface area is 133 Å². The Morgan fingerprint density at radius 3 is 2.14 bits per heavy atom. The van der Waals surface area contributed by atoms with E-state index in [1.807, 2.05) is 0 Å². The van der Waals surface area contributed by atoms with Crippen LogP contribution in [0.3, 0.4) is 0 Å². The number of hydrogen-bond acceptors (Lipinski definition) is 1. The number of fused-ring (bicyclic) bond motifs is 2. The Hall–Kier alpha value is -0.300. The van der Waals surface area contributed by atoms with Crippen molar-refractivity contribution in [3.63, 3.8) is 0 Å². The van der Waals surface area contributed by atoms with Gasteiger partial charge >= 0.3 is 0 Å². The lowest BCUT2D eigenvalue weighted by Crippen LogP contribution is -2.34. The fraction of sp³-hybridized carbons (Fsp3) is 0.900. The molecule has 2 unspecified atom stereocenters. The fourth-order valence-corrected chi connectivity index (χ4v) is 4.16. The van der Waals surface area contributed by atoms with Crippen LogP contribution in [0.2, 0.25) is 0 Å². The third kappa shape index (κ3) is 5.77. The summed E-state index contributed by atoms with van der Waals surface area (Å²) in [7, 11) is 2.32. The first-order chi connectivity index (χ1) is 10.3. The first-order valence-corrected chi connectivity index (χ1v) is 9.72. The van der Waals surface area contributed by atoms with Crippen LogP contribution in [0.15, 0.2) is 11.6 Å². The van der Waals surface area contributed by atoms with Gasteiger partial charge in [-0.1, -0.05) is 76.4 Å². The molecule has 0 aromatic carbocycles. The lowest BCUT2D eigenvalue weighted by molar-refractivity contribution is 0.252. The van der Waals surface area contributed by atoms with Crippen LogP contribution in [0, 0.1) is 0 Å². The van der Waals surface area contributed by atoms with Crippen LogP contribution >= 0.6 is 0 Å². The van der Waals surface area contributed by atoms with E-state index >= 15 is 0 Å². The van der Waals surface area contributed by atoms with Crippen LogP contribution in [-0.4, -0.2) is 24.0 Å². The lowest BCUT2D eigenvalue weighted by atomic mass is 9.96. The second kappa shape index (κ2) is 9.66. The molecule has 1 saturated heterocycles. The highest BCUT2D eigenvalue weighted by atomic mass is 15.2. The zero-order valence-corrected chi connectivity index (χ0v) is 14.6. The molecule has 0 aliphatic carbocycles. The van der Waals surface area contributed by atoms with Gasteiger partial charge in [0.05, 0.1) is 0 Å². The first-order valence-electron chi connectivity index (χ1n) is 9.72. The largest absolute Gasteiger partial charge is 0.297 e. The van der Waals surface area contributed by atoms with Gasteiger partial charge in [-0.25, -0.2) is 0 Å². The maximum absolute atomic E-state index is 2.60. The summed E-state index contributed by atoms with van der Waals surface area (Å²) in [4.78, 5) is 2.60. The molecular formula is C20H37N.